The van der Waals surface area contributed by atoms with E-state index in [0.717, 1.165) is 10.2 Å². The Balaban J connectivity index is 2.84. The van der Waals surface area contributed by atoms with Crippen LogP contribution in [0.1, 0.15) is 5.01 Å². The van der Waals surface area contributed by atoms with Gasteiger partial charge in [-0.05, 0) is 18.5 Å². The molecule has 43 valence electrons. The van der Waals surface area contributed by atoms with Crippen molar-refractivity contribution in [1.82, 2.24) is 9.36 Å². The van der Waals surface area contributed by atoms with Crippen LogP contribution in [0.25, 0.3) is 0 Å². The van der Waals surface area contributed by atoms with Crippen molar-refractivity contribution < 1.29 is 0 Å². The normalized spacial score (nSPS) is 9.75. The maximum Gasteiger partial charge on any atom is 0.200 e. The molecule has 8 heavy (non-hydrogen) atoms. The largest absolute Gasteiger partial charge is 0.215 e. The lowest BCUT2D eigenvalue weighted by molar-refractivity contribution is 1.05. The monoisotopic (exact) mass is 145 g/mol. The van der Waals surface area contributed by atoms with Crippen molar-refractivity contribution in [2.45, 2.75) is 12.1 Å². The van der Waals surface area contributed by atoms with Gasteiger partial charge in [-0.25, -0.2) is 4.98 Å². The Bertz CT molecular complexity index is 172. The van der Waals surface area contributed by atoms with Gasteiger partial charge in [-0.15, -0.1) is 0 Å². The Labute approximate surface area is 56.5 Å². The topological polar surface area (TPSA) is 25.8 Å². The van der Waals surface area contributed by atoms with Crippen molar-refractivity contribution in [2.24, 2.45) is 0 Å². The Morgan fingerprint density at radius 3 is 2.75 bits per heavy atom. The third kappa shape index (κ3) is 1.20. The molecule has 0 aliphatic carbocycles. The maximum absolute atomic E-state index is 4.04. The van der Waals surface area contributed by atoms with Crippen molar-refractivity contribution in [3.63, 3.8) is 0 Å². The van der Waals surface area contributed by atoms with Crippen LogP contribution in [0.2, 0.25) is 0 Å². The van der Waals surface area contributed by atoms with Gasteiger partial charge in [-0.3, -0.25) is 0 Å². The van der Waals surface area contributed by atoms with Crippen LogP contribution >= 0.6 is 23.3 Å². The van der Waals surface area contributed by atoms with E-state index >= 15 is 0 Å². The number of thioether (sulfide) groups is 1. The fourth-order valence-corrected chi connectivity index (χ4v) is 1.30. The molecule has 1 aromatic rings. The first-order valence-corrected chi connectivity index (χ1v) is 3.81. The lowest BCUT2D eigenvalue weighted by atomic mass is 10.8. The third-order valence-electron chi connectivity index (χ3n) is 0.638. The van der Waals surface area contributed by atoms with Crippen LogP contribution in [-0.4, -0.2) is 9.36 Å². The SMILES string of the molecule is [CH2]Sc1nsc(C)n1. The van der Waals surface area contributed by atoms with Gasteiger partial charge in [-0.1, -0.05) is 11.8 Å². The predicted molar refractivity (Wildman–Crippen MR) is 35.9 cm³/mol. The molecule has 0 N–H and O–H groups in total. The predicted octanol–water partition coefficient (Wildman–Crippen LogP) is 1.73. The van der Waals surface area contributed by atoms with Gasteiger partial charge < -0.3 is 0 Å². The molecule has 0 atom stereocenters. The quantitative estimate of drug-likeness (QED) is 0.563. The average Bonchev–Trinajstić information content (AvgIpc) is 2.14. The van der Waals surface area contributed by atoms with Crippen LogP contribution in [0.4, 0.5) is 0 Å². The molecule has 0 saturated carbocycles. The second kappa shape index (κ2) is 2.46. The Kier molecular flexibility index (Phi) is 1.85. The summed E-state index contributed by atoms with van der Waals surface area (Å²) >= 11 is 2.73. The van der Waals surface area contributed by atoms with Gasteiger partial charge in [0.05, 0.1) is 0 Å². The summed E-state index contributed by atoms with van der Waals surface area (Å²) in [7, 11) is 0. The van der Waals surface area contributed by atoms with Gasteiger partial charge >= 0.3 is 0 Å². The van der Waals surface area contributed by atoms with E-state index in [1.165, 1.54) is 23.3 Å². The first-order valence-electron chi connectivity index (χ1n) is 2.05. The lowest BCUT2D eigenvalue weighted by Crippen LogP contribution is -1.68. The van der Waals surface area contributed by atoms with Crippen molar-refractivity contribution in [3.05, 3.63) is 11.3 Å². The van der Waals surface area contributed by atoms with Crippen LogP contribution in [0.5, 0.6) is 0 Å². The van der Waals surface area contributed by atoms with Crippen LogP contribution in [0.3, 0.4) is 0 Å². The molecule has 1 radical (unpaired) electrons. The van der Waals surface area contributed by atoms with E-state index in [2.05, 4.69) is 15.6 Å². The fraction of sp³-hybridized carbons (Fsp3) is 0.250. The molecule has 1 heterocycles. The summed E-state index contributed by atoms with van der Waals surface area (Å²) in [6, 6.07) is 0. The van der Waals surface area contributed by atoms with Crippen LogP contribution in [0, 0.1) is 13.2 Å². The summed E-state index contributed by atoms with van der Waals surface area (Å²) in [4.78, 5) is 4.04. The van der Waals surface area contributed by atoms with Crippen molar-refractivity contribution >= 4 is 23.3 Å². The summed E-state index contributed by atoms with van der Waals surface area (Å²) in [5.41, 5.74) is 0. The average molecular weight is 145 g/mol. The molecular weight excluding hydrogens is 140 g/mol. The highest BCUT2D eigenvalue weighted by Crippen LogP contribution is 2.12. The molecule has 0 saturated heterocycles. The number of aromatic nitrogens is 2. The number of hydrogen-bond acceptors (Lipinski definition) is 4. The molecule has 0 bridgehead atoms. The summed E-state index contributed by atoms with van der Waals surface area (Å²) in [5.74, 6) is 0. The zero-order chi connectivity index (χ0) is 5.98. The van der Waals surface area contributed by atoms with Crippen LogP contribution < -0.4 is 0 Å². The number of nitrogens with zero attached hydrogens (tertiary/aromatic N) is 2. The minimum absolute atomic E-state index is 0.771. The van der Waals surface area contributed by atoms with Gasteiger partial charge in [0.1, 0.15) is 5.01 Å². The molecule has 0 spiro atoms. The molecule has 0 amide bonds. The smallest absolute Gasteiger partial charge is 0.200 e. The zero-order valence-corrected chi connectivity index (χ0v) is 6.05. The van der Waals surface area contributed by atoms with E-state index < -0.39 is 0 Å². The molecule has 2 nitrogen and oxygen atoms in total. The Morgan fingerprint density at radius 2 is 2.50 bits per heavy atom. The number of hydrogen-bond donors (Lipinski definition) is 0. The maximum atomic E-state index is 4.04. The second-order valence-electron chi connectivity index (χ2n) is 1.24. The van der Waals surface area contributed by atoms with E-state index in [0.29, 0.717) is 0 Å². The van der Waals surface area contributed by atoms with Crippen LogP contribution in [-0.2, 0) is 0 Å². The fourth-order valence-electron chi connectivity index (χ4n) is 0.339. The molecule has 0 aromatic carbocycles. The van der Waals surface area contributed by atoms with Gasteiger partial charge in [0.25, 0.3) is 0 Å². The molecule has 1 rings (SSSR count). The van der Waals surface area contributed by atoms with E-state index in [1.54, 1.807) is 0 Å². The summed E-state index contributed by atoms with van der Waals surface area (Å²) in [6.07, 6.45) is 3.57. The summed E-state index contributed by atoms with van der Waals surface area (Å²) < 4.78 is 3.97. The highest BCUT2D eigenvalue weighted by molar-refractivity contribution is 8.00. The third-order valence-corrected chi connectivity index (χ3v) is 1.81. The summed E-state index contributed by atoms with van der Waals surface area (Å²) in [6.45, 7) is 1.93. The minimum Gasteiger partial charge on any atom is -0.215 e. The van der Waals surface area contributed by atoms with E-state index in [9.17, 15) is 0 Å². The van der Waals surface area contributed by atoms with Gasteiger partial charge in [-0.2, -0.15) is 4.37 Å². The molecule has 0 unspecified atom stereocenters. The molecule has 0 fully saturated rings. The molecular formula is C4H5N2S2. The van der Waals surface area contributed by atoms with Crippen molar-refractivity contribution in [3.8, 4) is 0 Å². The highest BCUT2D eigenvalue weighted by Gasteiger charge is 1.94. The van der Waals surface area contributed by atoms with E-state index in [-0.39, 0.29) is 0 Å². The van der Waals surface area contributed by atoms with Gasteiger partial charge in [0, 0.05) is 6.26 Å². The Hall–Kier alpha value is -0.0900. The van der Waals surface area contributed by atoms with Crippen molar-refractivity contribution in [2.75, 3.05) is 0 Å². The first kappa shape index (κ1) is 6.04. The molecule has 0 aliphatic rings. The second-order valence-corrected chi connectivity index (χ2v) is 2.85. The standard InChI is InChI=1S/C4H5N2S2/c1-3-5-4(7-2)6-8-3/h2H2,1H3. The molecule has 0 aliphatic heterocycles. The first-order chi connectivity index (χ1) is 3.83. The Morgan fingerprint density at radius 1 is 1.75 bits per heavy atom. The molecule has 4 heteroatoms. The van der Waals surface area contributed by atoms with Crippen LogP contribution in [0.15, 0.2) is 5.16 Å². The van der Waals surface area contributed by atoms with E-state index in [4.69, 9.17) is 0 Å². The lowest BCUT2D eigenvalue weighted by Gasteiger charge is -1.76. The van der Waals surface area contributed by atoms with Crippen molar-refractivity contribution in [1.29, 1.82) is 0 Å². The van der Waals surface area contributed by atoms with E-state index in [1.807, 2.05) is 6.92 Å². The number of aryl methyl sites for hydroxylation is 1. The van der Waals surface area contributed by atoms with Gasteiger partial charge in [0.15, 0.2) is 5.16 Å². The minimum atomic E-state index is 0.771. The van der Waals surface area contributed by atoms with Gasteiger partial charge in [0.2, 0.25) is 0 Å². The zero-order valence-electron chi connectivity index (χ0n) is 4.42. The molecule has 1 aromatic heterocycles. The summed E-state index contributed by atoms with van der Waals surface area (Å²) in [5, 5.41) is 1.77. The number of rotatable bonds is 1. The highest BCUT2D eigenvalue weighted by atomic mass is 32.2.